The Labute approximate surface area is 121 Å². The number of aryl methyl sites for hydroxylation is 1. The van der Waals surface area contributed by atoms with E-state index in [4.69, 9.17) is 5.11 Å². The highest BCUT2D eigenvalue weighted by Gasteiger charge is 2.17. The standard InChI is InChI=1S/C14H18N4O3/c1-9(7-17-5-4-15-8-17)18-11(3)12(6-13(19)20)10(2)16-14(18)21/h4-5,8-9H,6-7H2,1-3H3,(H,19,20). The van der Waals surface area contributed by atoms with E-state index in [-0.39, 0.29) is 18.2 Å². The van der Waals surface area contributed by atoms with Crippen molar-refractivity contribution >= 4 is 5.97 Å². The third-order valence-electron chi connectivity index (χ3n) is 3.51. The summed E-state index contributed by atoms with van der Waals surface area (Å²) < 4.78 is 3.42. The Morgan fingerprint density at radius 3 is 2.71 bits per heavy atom. The van der Waals surface area contributed by atoms with E-state index in [0.29, 0.717) is 23.5 Å². The average molecular weight is 290 g/mol. The molecule has 0 aliphatic carbocycles. The van der Waals surface area contributed by atoms with Crippen LogP contribution in [0.5, 0.6) is 0 Å². The smallest absolute Gasteiger partial charge is 0.348 e. The minimum Gasteiger partial charge on any atom is -0.481 e. The molecule has 0 aliphatic rings. The van der Waals surface area contributed by atoms with Crippen LogP contribution in [0.2, 0.25) is 0 Å². The van der Waals surface area contributed by atoms with E-state index in [1.54, 1.807) is 30.9 Å². The van der Waals surface area contributed by atoms with Gasteiger partial charge in [-0.15, -0.1) is 0 Å². The van der Waals surface area contributed by atoms with Crippen LogP contribution in [0.4, 0.5) is 0 Å². The molecule has 0 aliphatic heterocycles. The van der Waals surface area contributed by atoms with Gasteiger partial charge in [0.25, 0.3) is 0 Å². The van der Waals surface area contributed by atoms with Gasteiger partial charge < -0.3 is 9.67 Å². The van der Waals surface area contributed by atoms with Crippen molar-refractivity contribution in [1.29, 1.82) is 0 Å². The quantitative estimate of drug-likeness (QED) is 0.885. The summed E-state index contributed by atoms with van der Waals surface area (Å²) in [7, 11) is 0. The monoisotopic (exact) mass is 290 g/mol. The van der Waals surface area contributed by atoms with E-state index in [1.165, 1.54) is 0 Å². The molecule has 1 N–H and O–H groups in total. The molecular weight excluding hydrogens is 272 g/mol. The van der Waals surface area contributed by atoms with Crippen molar-refractivity contribution in [3.63, 3.8) is 0 Å². The molecule has 2 rings (SSSR count). The summed E-state index contributed by atoms with van der Waals surface area (Å²) in [6.07, 6.45) is 5.03. The minimum absolute atomic E-state index is 0.136. The largest absolute Gasteiger partial charge is 0.481 e. The summed E-state index contributed by atoms with van der Waals surface area (Å²) in [5, 5.41) is 8.99. The highest BCUT2D eigenvalue weighted by Crippen LogP contribution is 2.15. The van der Waals surface area contributed by atoms with Crippen molar-refractivity contribution in [1.82, 2.24) is 19.1 Å². The zero-order valence-corrected chi connectivity index (χ0v) is 12.3. The molecule has 1 unspecified atom stereocenters. The second kappa shape index (κ2) is 5.90. The number of hydrogen-bond donors (Lipinski definition) is 1. The molecule has 0 fully saturated rings. The van der Waals surface area contributed by atoms with Crippen molar-refractivity contribution in [2.24, 2.45) is 0 Å². The first kappa shape index (κ1) is 15.0. The number of nitrogens with zero attached hydrogens (tertiary/aromatic N) is 4. The van der Waals surface area contributed by atoms with Crippen LogP contribution in [0.15, 0.2) is 23.5 Å². The maximum Gasteiger partial charge on any atom is 0.348 e. The lowest BCUT2D eigenvalue weighted by molar-refractivity contribution is -0.136. The molecule has 2 heterocycles. The molecule has 0 saturated carbocycles. The van der Waals surface area contributed by atoms with Gasteiger partial charge in [0, 0.05) is 35.9 Å². The van der Waals surface area contributed by atoms with Crippen molar-refractivity contribution < 1.29 is 9.90 Å². The lowest BCUT2D eigenvalue weighted by Gasteiger charge is -2.20. The van der Waals surface area contributed by atoms with Gasteiger partial charge in [0.1, 0.15) is 0 Å². The number of aromatic nitrogens is 4. The Bertz CT molecular complexity index is 704. The number of carboxylic acid groups (broad SMARTS) is 1. The fourth-order valence-electron chi connectivity index (χ4n) is 2.52. The normalized spacial score (nSPS) is 12.3. The van der Waals surface area contributed by atoms with Gasteiger partial charge in [-0.05, 0) is 20.8 Å². The molecule has 0 radical (unpaired) electrons. The lowest BCUT2D eigenvalue weighted by Crippen LogP contribution is -2.32. The number of hydrogen-bond acceptors (Lipinski definition) is 4. The first-order valence-corrected chi connectivity index (χ1v) is 6.66. The molecule has 0 amide bonds. The SMILES string of the molecule is Cc1nc(=O)n(C(C)Cn2ccnc2)c(C)c1CC(=O)O. The van der Waals surface area contributed by atoms with E-state index >= 15 is 0 Å². The predicted molar refractivity (Wildman–Crippen MR) is 76.2 cm³/mol. The van der Waals surface area contributed by atoms with Crippen molar-refractivity contribution in [3.05, 3.63) is 46.2 Å². The third-order valence-corrected chi connectivity index (χ3v) is 3.51. The maximum absolute atomic E-state index is 12.1. The molecule has 0 bridgehead atoms. The Balaban J connectivity index is 2.42. The molecular formula is C14H18N4O3. The molecule has 0 spiro atoms. The van der Waals surface area contributed by atoms with Crippen LogP contribution in [-0.2, 0) is 17.8 Å². The Morgan fingerprint density at radius 1 is 1.43 bits per heavy atom. The maximum atomic E-state index is 12.1. The highest BCUT2D eigenvalue weighted by atomic mass is 16.4. The molecule has 2 aromatic heterocycles. The molecule has 7 heteroatoms. The zero-order chi connectivity index (χ0) is 15.6. The number of carboxylic acids is 1. The van der Waals surface area contributed by atoms with Gasteiger partial charge in [-0.1, -0.05) is 0 Å². The summed E-state index contributed by atoms with van der Waals surface area (Å²) in [6.45, 7) is 5.89. The van der Waals surface area contributed by atoms with Gasteiger partial charge in [0.2, 0.25) is 0 Å². The molecule has 21 heavy (non-hydrogen) atoms. The average Bonchev–Trinajstić information content (AvgIpc) is 2.86. The van der Waals surface area contributed by atoms with E-state index in [1.807, 2.05) is 17.7 Å². The molecule has 1 atom stereocenters. The van der Waals surface area contributed by atoms with Gasteiger partial charge in [-0.25, -0.2) is 9.78 Å². The van der Waals surface area contributed by atoms with E-state index in [2.05, 4.69) is 9.97 Å². The summed E-state index contributed by atoms with van der Waals surface area (Å²) in [4.78, 5) is 31.0. The summed E-state index contributed by atoms with van der Waals surface area (Å²) in [5.41, 5.74) is 1.37. The minimum atomic E-state index is -0.935. The number of rotatable bonds is 5. The van der Waals surface area contributed by atoms with Gasteiger partial charge in [0.15, 0.2) is 0 Å². The summed E-state index contributed by atoms with van der Waals surface area (Å²) in [5.74, 6) is -0.935. The molecule has 7 nitrogen and oxygen atoms in total. The molecule has 0 saturated heterocycles. The predicted octanol–water partition coefficient (Wildman–Crippen LogP) is 0.945. The second-order valence-corrected chi connectivity index (χ2v) is 5.09. The molecule has 0 aromatic carbocycles. The van der Waals surface area contributed by atoms with Crippen LogP contribution >= 0.6 is 0 Å². The van der Waals surface area contributed by atoms with Crippen molar-refractivity contribution in [2.45, 2.75) is 39.8 Å². The van der Waals surface area contributed by atoms with Crippen LogP contribution < -0.4 is 5.69 Å². The Kier molecular flexibility index (Phi) is 4.21. The van der Waals surface area contributed by atoms with Crippen molar-refractivity contribution in [3.8, 4) is 0 Å². The zero-order valence-electron chi connectivity index (χ0n) is 12.3. The molecule has 2 aromatic rings. The fourth-order valence-corrected chi connectivity index (χ4v) is 2.52. The van der Waals surface area contributed by atoms with Gasteiger partial charge in [0.05, 0.1) is 18.8 Å². The van der Waals surface area contributed by atoms with E-state index < -0.39 is 5.97 Å². The van der Waals surface area contributed by atoms with Gasteiger partial charge >= 0.3 is 11.7 Å². The number of aliphatic carboxylic acids is 1. The Hall–Kier alpha value is -2.44. The van der Waals surface area contributed by atoms with Crippen LogP contribution in [-0.4, -0.2) is 30.2 Å². The van der Waals surface area contributed by atoms with Crippen molar-refractivity contribution in [2.75, 3.05) is 0 Å². The first-order valence-electron chi connectivity index (χ1n) is 6.66. The highest BCUT2D eigenvalue weighted by molar-refractivity contribution is 5.70. The second-order valence-electron chi connectivity index (χ2n) is 5.09. The van der Waals surface area contributed by atoms with E-state index in [9.17, 15) is 9.59 Å². The van der Waals surface area contributed by atoms with Gasteiger partial charge in [-0.2, -0.15) is 4.98 Å². The summed E-state index contributed by atoms with van der Waals surface area (Å²) >= 11 is 0. The third kappa shape index (κ3) is 3.18. The van der Waals surface area contributed by atoms with Crippen LogP contribution in [0.3, 0.4) is 0 Å². The lowest BCUT2D eigenvalue weighted by atomic mass is 10.1. The summed E-state index contributed by atoms with van der Waals surface area (Å²) in [6, 6.07) is -0.146. The molecule has 112 valence electrons. The van der Waals surface area contributed by atoms with Crippen LogP contribution in [0.25, 0.3) is 0 Å². The number of carbonyl (C=O) groups is 1. The Morgan fingerprint density at radius 2 is 2.14 bits per heavy atom. The topological polar surface area (TPSA) is 90.0 Å². The van der Waals surface area contributed by atoms with E-state index in [0.717, 1.165) is 0 Å². The fraction of sp³-hybridized carbons (Fsp3) is 0.429. The van der Waals surface area contributed by atoms with Gasteiger partial charge in [-0.3, -0.25) is 9.36 Å². The van der Waals surface area contributed by atoms with Crippen LogP contribution in [0, 0.1) is 13.8 Å². The first-order chi connectivity index (χ1) is 9.90. The number of imidazole rings is 1. The van der Waals surface area contributed by atoms with Crippen LogP contribution in [0.1, 0.15) is 29.9 Å².